The monoisotopic (exact) mass is 252 g/mol. The molecule has 0 aliphatic rings. The molecule has 0 aliphatic carbocycles. The molecule has 0 spiro atoms. The predicted octanol–water partition coefficient (Wildman–Crippen LogP) is 1.33. The Balaban J connectivity index is 2.22. The van der Waals surface area contributed by atoms with Crippen molar-refractivity contribution in [3.05, 3.63) is 18.0 Å². The highest BCUT2D eigenvalue weighted by Crippen LogP contribution is 2.03. The maximum atomic E-state index is 11.5. The van der Waals surface area contributed by atoms with Crippen LogP contribution >= 0.6 is 0 Å². The van der Waals surface area contributed by atoms with Crippen molar-refractivity contribution in [2.24, 2.45) is 5.92 Å². The van der Waals surface area contributed by atoms with Crippen LogP contribution in [-0.4, -0.2) is 28.8 Å². The van der Waals surface area contributed by atoms with Crippen molar-refractivity contribution >= 4 is 5.91 Å². The minimum absolute atomic E-state index is 0.0343. The van der Waals surface area contributed by atoms with Gasteiger partial charge >= 0.3 is 0 Å². The minimum Gasteiger partial charge on any atom is -0.355 e. The fourth-order valence-electron chi connectivity index (χ4n) is 1.44. The van der Waals surface area contributed by atoms with Crippen molar-refractivity contribution < 1.29 is 4.79 Å². The minimum atomic E-state index is 0.0343. The van der Waals surface area contributed by atoms with Crippen LogP contribution < -0.4 is 10.6 Å². The summed E-state index contributed by atoms with van der Waals surface area (Å²) in [6, 6.07) is 2.34. The van der Waals surface area contributed by atoms with Gasteiger partial charge in [-0.25, -0.2) is 0 Å². The zero-order chi connectivity index (χ0) is 13.5. The zero-order valence-electron chi connectivity index (χ0n) is 11.7. The summed E-state index contributed by atoms with van der Waals surface area (Å²) in [7, 11) is 0. The third-order valence-electron chi connectivity index (χ3n) is 2.49. The first-order chi connectivity index (χ1) is 8.49. The van der Waals surface area contributed by atoms with E-state index in [9.17, 15) is 4.79 Å². The summed E-state index contributed by atoms with van der Waals surface area (Å²) in [5.74, 6) is 0.516. The Hall–Kier alpha value is -1.36. The van der Waals surface area contributed by atoms with Crippen molar-refractivity contribution in [3.8, 4) is 0 Å². The first-order valence-electron chi connectivity index (χ1n) is 6.50. The van der Waals surface area contributed by atoms with Crippen LogP contribution in [0.1, 0.15) is 39.4 Å². The Kier molecular flexibility index (Phi) is 5.85. The molecule has 5 heteroatoms. The first-order valence-corrected chi connectivity index (χ1v) is 6.50. The highest BCUT2D eigenvalue weighted by atomic mass is 16.1. The van der Waals surface area contributed by atoms with Gasteiger partial charge in [0.2, 0.25) is 5.91 Å². The van der Waals surface area contributed by atoms with Crippen LogP contribution in [0.15, 0.2) is 12.3 Å². The van der Waals surface area contributed by atoms with Crippen LogP contribution in [0.4, 0.5) is 0 Å². The molecule has 1 amide bonds. The van der Waals surface area contributed by atoms with Crippen LogP contribution in [-0.2, 0) is 11.3 Å². The van der Waals surface area contributed by atoms with Crippen molar-refractivity contribution in [2.75, 3.05) is 13.1 Å². The number of aromatic nitrogens is 2. The molecule has 1 aromatic rings. The van der Waals surface area contributed by atoms with Crippen LogP contribution in [0.5, 0.6) is 0 Å². The predicted molar refractivity (Wildman–Crippen MR) is 72.2 cm³/mol. The van der Waals surface area contributed by atoms with Crippen molar-refractivity contribution in [1.82, 2.24) is 20.4 Å². The lowest BCUT2D eigenvalue weighted by molar-refractivity contribution is -0.120. The van der Waals surface area contributed by atoms with E-state index in [2.05, 4.69) is 43.4 Å². The van der Waals surface area contributed by atoms with Gasteiger partial charge in [0.25, 0.3) is 0 Å². The Labute approximate surface area is 109 Å². The lowest BCUT2D eigenvalue weighted by atomic mass is 10.2. The molecule has 0 saturated heterocycles. The first kappa shape index (κ1) is 14.7. The quantitative estimate of drug-likeness (QED) is 0.769. The molecule has 0 aromatic carbocycles. The average molecular weight is 252 g/mol. The summed E-state index contributed by atoms with van der Waals surface area (Å²) in [5.41, 5.74) is 0.959. The molecular formula is C13H24N4O. The van der Waals surface area contributed by atoms with E-state index < -0.39 is 0 Å². The smallest absolute Gasteiger partial charge is 0.233 e. The molecule has 2 N–H and O–H groups in total. The van der Waals surface area contributed by atoms with Crippen LogP contribution in [0.3, 0.4) is 0 Å². The topological polar surface area (TPSA) is 59.0 Å². The molecule has 0 bridgehead atoms. The summed E-state index contributed by atoms with van der Waals surface area (Å²) >= 11 is 0. The summed E-state index contributed by atoms with van der Waals surface area (Å²) in [6.07, 6.45) is 1.96. The van der Waals surface area contributed by atoms with Gasteiger partial charge in [-0.2, -0.15) is 5.10 Å². The van der Waals surface area contributed by atoms with Gasteiger partial charge in [-0.1, -0.05) is 13.8 Å². The highest BCUT2D eigenvalue weighted by Gasteiger charge is 2.04. The number of nitrogens with one attached hydrogen (secondary N) is 2. The second-order valence-corrected chi connectivity index (χ2v) is 5.18. The lowest BCUT2D eigenvalue weighted by Crippen LogP contribution is -2.35. The number of nitrogens with zero attached hydrogens (tertiary/aromatic N) is 2. The number of rotatable bonds is 7. The van der Waals surface area contributed by atoms with Gasteiger partial charge in [0.15, 0.2) is 0 Å². The number of carbonyl (C=O) groups excluding carboxylic acids is 1. The molecule has 0 radical (unpaired) electrons. The van der Waals surface area contributed by atoms with Gasteiger partial charge in [0.1, 0.15) is 0 Å². The molecule has 0 saturated carbocycles. The summed E-state index contributed by atoms with van der Waals surface area (Å²) < 4.78 is 1.91. The maximum absolute atomic E-state index is 11.5. The standard InChI is InChI=1S/C13H24N4O/c1-10(2)7-15-13(18)9-14-8-12-5-6-17(16-12)11(3)4/h5-6,10-11,14H,7-9H2,1-4H3,(H,15,18). The van der Waals surface area contributed by atoms with Gasteiger partial charge < -0.3 is 10.6 Å². The SMILES string of the molecule is CC(C)CNC(=O)CNCc1ccn(C(C)C)n1. The molecule has 0 atom stereocenters. The fraction of sp³-hybridized carbons (Fsp3) is 0.692. The second-order valence-electron chi connectivity index (χ2n) is 5.18. The van der Waals surface area contributed by atoms with E-state index >= 15 is 0 Å². The second kappa shape index (κ2) is 7.16. The summed E-state index contributed by atoms with van der Waals surface area (Å²) in [4.78, 5) is 11.5. The zero-order valence-corrected chi connectivity index (χ0v) is 11.7. The Morgan fingerprint density at radius 1 is 1.39 bits per heavy atom. The molecule has 1 rings (SSSR count). The van der Waals surface area contributed by atoms with Crippen molar-refractivity contribution in [1.29, 1.82) is 0 Å². The van der Waals surface area contributed by atoms with Crippen LogP contribution in [0.25, 0.3) is 0 Å². The molecule has 0 fully saturated rings. The number of amides is 1. The molecule has 1 heterocycles. The van der Waals surface area contributed by atoms with E-state index in [1.807, 2.05) is 16.9 Å². The molecule has 18 heavy (non-hydrogen) atoms. The number of hydrogen-bond donors (Lipinski definition) is 2. The van der Waals surface area contributed by atoms with E-state index in [0.29, 0.717) is 25.0 Å². The van der Waals surface area contributed by atoms with Crippen LogP contribution in [0.2, 0.25) is 0 Å². The average Bonchev–Trinajstić information content (AvgIpc) is 2.75. The van der Waals surface area contributed by atoms with Crippen LogP contribution in [0, 0.1) is 5.92 Å². The van der Waals surface area contributed by atoms with Gasteiger partial charge in [0, 0.05) is 25.3 Å². The molecule has 1 aromatic heterocycles. The van der Waals surface area contributed by atoms with E-state index in [-0.39, 0.29) is 5.91 Å². The number of carbonyl (C=O) groups is 1. The fourth-order valence-corrected chi connectivity index (χ4v) is 1.44. The third-order valence-corrected chi connectivity index (χ3v) is 2.49. The molecule has 0 aliphatic heterocycles. The van der Waals surface area contributed by atoms with Gasteiger partial charge in [-0.05, 0) is 25.8 Å². The van der Waals surface area contributed by atoms with E-state index in [1.54, 1.807) is 0 Å². The Morgan fingerprint density at radius 3 is 2.67 bits per heavy atom. The Bertz CT molecular complexity index is 371. The highest BCUT2D eigenvalue weighted by molar-refractivity contribution is 5.77. The van der Waals surface area contributed by atoms with Crippen molar-refractivity contribution in [2.45, 2.75) is 40.3 Å². The van der Waals surface area contributed by atoms with Crippen molar-refractivity contribution in [3.63, 3.8) is 0 Å². The van der Waals surface area contributed by atoms with Gasteiger partial charge in [-0.3, -0.25) is 9.48 Å². The normalized spacial score (nSPS) is 11.2. The Morgan fingerprint density at radius 2 is 2.11 bits per heavy atom. The van der Waals surface area contributed by atoms with E-state index in [4.69, 9.17) is 0 Å². The molecule has 0 unspecified atom stereocenters. The summed E-state index contributed by atoms with van der Waals surface area (Å²) in [6.45, 7) is 10.0. The van der Waals surface area contributed by atoms with Gasteiger partial charge in [0.05, 0.1) is 12.2 Å². The number of hydrogen-bond acceptors (Lipinski definition) is 3. The van der Waals surface area contributed by atoms with Gasteiger partial charge in [-0.15, -0.1) is 0 Å². The van der Waals surface area contributed by atoms with E-state index in [0.717, 1.165) is 12.2 Å². The van der Waals surface area contributed by atoms with E-state index in [1.165, 1.54) is 0 Å². The third kappa shape index (κ3) is 5.31. The lowest BCUT2D eigenvalue weighted by Gasteiger charge is -2.08. The largest absolute Gasteiger partial charge is 0.355 e. The molecule has 5 nitrogen and oxygen atoms in total. The summed E-state index contributed by atoms with van der Waals surface area (Å²) in [5, 5.41) is 10.4. The molecular weight excluding hydrogens is 228 g/mol. The maximum Gasteiger partial charge on any atom is 0.233 e. The molecule has 102 valence electrons.